The molecule has 0 spiro atoms. The number of ether oxygens (including phenoxy) is 2. The summed E-state index contributed by atoms with van der Waals surface area (Å²) in [7, 11) is 1.62. The van der Waals surface area contributed by atoms with E-state index in [4.69, 9.17) is 9.47 Å². The molecule has 8 bridgehead atoms. The van der Waals surface area contributed by atoms with Gasteiger partial charge in [0.15, 0.2) is 0 Å². The number of benzene rings is 1. The molecule has 0 amide bonds. The molecule has 2 saturated heterocycles. The summed E-state index contributed by atoms with van der Waals surface area (Å²) in [4.78, 5) is 25.6. The first kappa shape index (κ1) is 33.9. The van der Waals surface area contributed by atoms with Crippen molar-refractivity contribution in [2.45, 2.75) is 115 Å². The molecule has 11 heteroatoms. The van der Waals surface area contributed by atoms with Crippen molar-refractivity contribution < 1.29 is 22.6 Å². The molecule has 0 radical (unpaired) electrons. The highest BCUT2D eigenvalue weighted by molar-refractivity contribution is 5.87. The molecule has 8 nitrogen and oxygen atoms in total. The van der Waals surface area contributed by atoms with E-state index in [0.29, 0.717) is 74.4 Å². The molecule has 4 unspecified atom stereocenters. The van der Waals surface area contributed by atoms with Gasteiger partial charge < -0.3 is 14.8 Å². The molecule has 256 valence electrons. The van der Waals surface area contributed by atoms with E-state index in [0.717, 1.165) is 32.1 Å². The zero-order chi connectivity index (χ0) is 33.3. The van der Waals surface area contributed by atoms with Gasteiger partial charge in [0.25, 0.3) is 11.5 Å². The molecule has 4 aliphatic rings. The Morgan fingerprint density at radius 3 is 2.49 bits per heavy atom. The van der Waals surface area contributed by atoms with Crippen LogP contribution in [-0.4, -0.2) is 58.4 Å². The van der Waals surface area contributed by atoms with Gasteiger partial charge >= 0.3 is 0 Å². The largest absolute Gasteiger partial charge is 0.381 e. The van der Waals surface area contributed by atoms with Gasteiger partial charge in [0.2, 0.25) is 0 Å². The van der Waals surface area contributed by atoms with E-state index < -0.39 is 34.9 Å². The third-order valence-electron chi connectivity index (χ3n) is 11.0. The lowest BCUT2D eigenvalue weighted by Gasteiger charge is -2.43. The number of hydrogen-bond acceptors (Lipinski definition) is 7. The summed E-state index contributed by atoms with van der Waals surface area (Å²) in [5, 5.41) is 3.88. The van der Waals surface area contributed by atoms with Crippen LogP contribution < -0.4 is 10.9 Å². The number of piperidine rings is 1. The maximum atomic E-state index is 16.2. The summed E-state index contributed by atoms with van der Waals surface area (Å²) in [6, 6.07) is 5.62. The Kier molecular flexibility index (Phi) is 9.97. The summed E-state index contributed by atoms with van der Waals surface area (Å²) in [5.74, 6) is -4.76. The molecule has 4 aliphatic heterocycles. The Morgan fingerprint density at radius 2 is 1.74 bits per heavy atom. The Hall–Kier alpha value is -3.02. The highest BCUT2D eigenvalue weighted by Crippen LogP contribution is 2.45. The van der Waals surface area contributed by atoms with Crippen LogP contribution in [0, 0.1) is 11.7 Å². The number of rotatable bonds is 2. The number of pyridine rings is 1. The first-order chi connectivity index (χ1) is 22.6. The number of fused-ring (bicyclic) bond motifs is 9. The van der Waals surface area contributed by atoms with Crippen LogP contribution in [0.1, 0.15) is 101 Å². The minimum Gasteiger partial charge on any atom is -0.381 e. The van der Waals surface area contributed by atoms with Crippen molar-refractivity contribution in [3.63, 3.8) is 0 Å². The fourth-order valence-electron chi connectivity index (χ4n) is 8.16. The quantitative estimate of drug-likeness (QED) is 0.310. The standard InChI is InChI=1S/C36H48F3N5O3/c1-23-10-7-5-6-8-16-44-33-28(21-30(34(44)45)35(46-4)14-18-47-19-15-35)32(40-22-41-33)42-25(3)27-11-9-12-29(31(27)37)36(38,39)26-13-17-43(23)24(2)20-26/h9,11-12,21-26H,5-8,10,13-20H2,1-4H3,(H,40,41,42)/t23?,24?,25-,26?/m1/s1. The average Bonchev–Trinajstić information content (AvgIpc) is 3.06. The molecule has 0 saturated carbocycles. The van der Waals surface area contributed by atoms with Crippen LogP contribution >= 0.6 is 0 Å². The van der Waals surface area contributed by atoms with Crippen molar-refractivity contribution in [3.05, 3.63) is 63.5 Å². The summed E-state index contributed by atoms with van der Waals surface area (Å²) < 4.78 is 61.9. The van der Waals surface area contributed by atoms with Gasteiger partial charge in [0.1, 0.15) is 29.2 Å². The number of alkyl halides is 2. The molecule has 0 aliphatic carbocycles. The van der Waals surface area contributed by atoms with E-state index in [2.05, 4.69) is 27.1 Å². The van der Waals surface area contributed by atoms with E-state index in [1.807, 2.05) is 6.92 Å². The van der Waals surface area contributed by atoms with Crippen molar-refractivity contribution in [1.29, 1.82) is 0 Å². The zero-order valence-electron chi connectivity index (χ0n) is 28.0. The lowest BCUT2D eigenvalue weighted by molar-refractivity contribution is -0.100. The number of nitrogens with zero attached hydrogens (tertiary/aromatic N) is 4. The molecular weight excluding hydrogens is 607 g/mol. The summed E-state index contributed by atoms with van der Waals surface area (Å²) >= 11 is 0. The molecule has 47 heavy (non-hydrogen) atoms. The summed E-state index contributed by atoms with van der Waals surface area (Å²) in [6.45, 7) is 7.92. The molecule has 1 N–H and O–H groups in total. The highest BCUT2D eigenvalue weighted by Gasteiger charge is 2.47. The van der Waals surface area contributed by atoms with Gasteiger partial charge in [-0.25, -0.2) is 23.1 Å². The second-order valence-electron chi connectivity index (χ2n) is 13.8. The van der Waals surface area contributed by atoms with Crippen LogP contribution in [0.15, 0.2) is 35.4 Å². The third kappa shape index (κ3) is 6.43. The molecule has 1 aromatic carbocycles. The molecule has 2 fully saturated rings. The van der Waals surface area contributed by atoms with E-state index in [-0.39, 0.29) is 23.2 Å². The topological polar surface area (TPSA) is 81.5 Å². The second kappa shape index (κ2) is 13.8. The lowest BCUT2D eigenvalue weighted by atomic mass is 9.82. The molecule has 3 aromatic rings. The first-order valence-corrected chi connectivity index (χ1v) is 17.3. The third-order valence-corrected chi connectivity index (χ3v) is 11.0. The minimum atomic E-state index is -3.31. The maximum absolute atomic E-state index is 16.2. The van der Waals surface area contributed by atoms with Gasteiger partial charge in [-0.3, -0.25) is 14.3 Å². The Morgan fingerprint density at radius 1 is 0.979 bits per heavy atom. The van der Waals surface area contributed by atoms with Gasteiger partial charge in [-0.1, -0.05) is 37.5 Å². The number of anilines is 1. The van der Waals surface area contributed by atoms with Gasteiger partial charge in [-0.2, -0.15) is 0 Å². The number of hydrogen-bond donors (Lipinski definition) is 1. The van der Waals surface area contributed by atoms with Crippen LogP contribution in [-0.2, 0) is 27.5 Å². The minimum absolute atomic E-state index is 0.0205. The van der Waals surface area contributed by atoms with Crippen molar-refractivity contribution >= 4 is 16.9 Å². The normalized spacial score (nSPS) is 28.4. The van der Waals surface area contributed by atoms with Crippen LogP contribution in [0.5, 0.6) is 0 Å². The second-order valence-corrected chi connectivity index (χ2v) is 13.8. The smallest absolute Gasteiger partial charge is 0.278 e. The van der Waals surface area contributed by atoms with Crippen molar-refractivity contribution in [2.75, 3.05) is 32.2 Å². The fourth-order valence-corrected chi connectivity index (χ4v) is 8.16. The SMILES string of the molecule is COC1(c2cc3c4ncnc3n(c2=O)CCCCCCC(C)N2CCC(CC2C)C(F)(F)c2cccc(c2F)[C@@H](C)N4)CCOCC1. The van der Waals surface area contributed by atoms with E-state index >= 15 is 13.2 Å². The van der Waals surface area contributed by atoms with Crippen LogP contribution in [0.2, 0.25) is 0 Å². The van der Waals surface area contributed by atoms with Gasteiger partial charge in [-0.15, -0.1) is 0 Å². The lowest BCUT2D eigenvalue weighted by Crippen LogP contribution is -2.48. The summed E-state index contributed by atoms with van der Waals surface area (Å²) in [5.41, 5.74) is -0.418. The first-order valence-electron chi connectivity index (χ1n) is 17.3. The summed E-state index contributed by atoms with van der Waals surface area (Å²) in [6.07, 6.45) is 7.81. The van der Waals surface area contributed by atoms with Gasteiger partial charge in [-0.05, 0) is 59.1 Å². The van der Waals surface area contributed by atoms with Gasteiger partial charge in [0, 0.05) is 63.3 Å². The van der Waals surface area contributed by atoms with Crippen LogP contribution in [0.4, 0.5) is 19.0 Å². The van der Waals surface area contributed by atoms with Gasteiger partial charge in [0.05, 0.1) is 22.6 Å². The van der Waals surface area contributed by atoms with Crippen molar-refractivity contribution in [2.24, 2.45) is 5.92 Å². The molecule has 6 heterocycles. The van der Waals surface area contributed by atoms with Crippen LogP contribution in [0.3, 0.4) is 0 Å². The monoisotopic (exact) mass is 655 g/mol. The molecular formula is C36H48F3N5O3. The Bertz CT molecular complexity index is 1630. The zero-order valence-corrected chi connectivity index (χ0v) is 28.0. The number of methoxy groups -OCH3 is 1. The molecule has 2 aromatic heterocycles. The number of nitrogens with one attached hydrogen (secondary N) is 1. The maximum Gasteiger partial charge on any atom is 0.278 e. The molecule has 5 atom stereocenters. The predicted molar refractivity (Wildman–Crippen MR) is 176 cm³/mol. The van der Waals surface area contributed by atoms with Crippen molar-refractivity contribution in [3.8, 4) is 0 Å². The highest BCUT2D eigenvalue weighted by atomic mass is 19.3. The average molecular weight is 656 g/mol. The predicted octanol–water partition coefficient (Wildman–Crippen LogP) is 7.30. The Labute approximate surface area is 275 Å². The Balaban J connectivity index is 1.45. The number of aryl methyl sites for hydroxylation is 1. The molecule has 7 rings (SSSR count). The van der Waals surface area contributed by atoms with Crippen LogP contribution in [0.25, 0.3) is 11.0 Å². The van der Waals surface area contributed by atoms with E-state index in [9.17, 15) is 4.79 Å². The number of halogens is 3. The van der Waals surface area contributed by atoms with Crippen molar-refractivity contribution in [1.82, 2.24) is 19.4 Å². The van der Waals surface area contributed by atoms with E-state index in [1.165, 1.54) is 18.5 Å². The fraction of sp³-hybridized carbons (Fsp3) is 0.639. The van der Waals surface area contributed by atoms with E-state index in [1.54, 1.807) is 30.7 Å². The number of aromatic nitrogens is 3.